The van der Waals surface area contributed by atoms with Gasteiger partial charge in [-0.15, -0.1) is 0 Å². The Hall–Kier alpha value is -0.170. The molecule has 0 N–H and O–H groups in total. The lowest BCUT2D eigenvalue weighted by Gasteiger charge is -2.52. The zero-order chi connectivity index (χ0) is 13.5. The molecule has 1 saturated heterocycles. The summed E-state index contributed by atoms with van der Waals surface area (Å²) >= 11 is 0. The van der Waals surface area contributed by atoms with Gasteiger partial charge in [0.05, 0.1) is 19.5 Å². The number of hydrogen-bond donors (Lipinski definition) is 0. The molecule has 0 aliphatic carbocycles. The van der Waals surface area contributed by atoms with Crippen LogP contribution in [0.4, 0.5) is 0 Å². The van der Waals surface area contributed by atoms with Crippen molar-refractivity contribution in [2.75, 3.05) is 13.4 Å². The average molecular weight is 265 g/mol. The van der Waals surface area contributed by atoms with Gasteiger partial charge in [-0.3, -0.25) is 4.18 Å². The number of nitrogens with zero attached hydrogens (tertiary/aromatic N) is 1. The van der Waals surface area contributed by atoms with E-state index in [0.29, 0.717) is 12.8 Å². The van der Waals surface area contributed by atoms with Crippen molar-refractivity contribution < 1.29 is 17.4 Å². The van der Waals surface area contributed by atoms with Crippen LogP contribution in [0.5, 0.6) is 0 Å². The highest BCUT2D eigenvalue weighted by Crippen LogP contribution is 2.39. The van der Waals surface area contributed by atoms with Crippen molar-refractivity contribution >= 4 is 10.1 Å². The van der Waals surface area contributed by atoms with Gasteiger partial charge in [0.1, 0.15) is 0 Å². The van der Waals surface area contributed by atoms with E-state index in [1.54, 1.807) is 7.11 Å². The van der Waals surface area contributed by atoms with Gasteiger partial charge in [0.2, 0.25) is 0 Å². The Morgan fingerprint density at radius 1 is 1.12 bits per heavy atom. The van der Waals surface area contributed by atoms with Crippen LogP contribution in [-0.2, 0) is 19.1 Å². The molecule has 102 valence electrons. The van der Waals surface area contributed by atoms with E-state index in [-0.39, 0.29) is 17.2 Å². The van der Waals surface area contributed by atoms with Gasteiger partial charge in [-0.05, 0) is 40.5 Å². The minimum Gasteiger partial charge on any atom is -0.301 e. The fraction of sp³-hybridized carbons (Fsp3) is 1.00. The Bertz CT molecular complexity index is 357. The molecule has 1 aliphatic heterocycles. The molecule has 1 rings (SSSR count). The zero-order valence-corrected chi connectivity index (χ0v) is 12.3. The molecule has 0 aromatic carbocycles. The van der Waals surface area contributed by atoms with E-state index >= 15 is 0 Å². The van der Waals surface area contributed by atoms with Crippen molar-refractivity contribution in [3.05, 3.63) is 0 Å². The lowest BCUT2D eigenvalue weighted by molar-refractivity contribution is -0.274. The third-order valence-corrected chi connectivity index (χ3v) is 3.67. The molecule has 0 aromatic heterocycles. The van der Waals surface area contributed by atoms with E-state index in [2.05, 4.69) is 0 Å². The number of piperidine rings is 1. The van der Waals surface area contributed by atoms with Crippen molar-refractivity contribution in [2.24, 2.45) is 0 Å². The Morgan fingerprint density at radius 3 is 1.82 bits per heavy atom. The van der Waals surface area contributed by atoms with Crippen LogP contribution < -0.4 is 0 Å². The molecule has 17 heavy (non-hydrogen) atoms. The maximum atomic E-state index is 11.2. The Morgan fingerprint density at radius 2 is 1.53 bits per heavy atom. The predicted octanol–water partition coefficient (Wildman–Crippen LogP) is 1.55. The van der Waals surface area contributed by atoms with Crippen LogP contribution in [0.1, 0.15) is 40.5 Å². The smallest absolute Gasteiger partial charge is 0.264 e. The van der Waals surface area contributed by atoms with Gasteiger partial charge >= 0.3 is 0 Å². The summed E-state index contributed by atoms with van der Waals surface area (Å²) in [6.45, 7) is 8.10. The molecule has 0 atom stereocenters. The van der Waals surface area contributed by atoms with Crippen molar-refractivity contribution in [2.45, 2.75) is 57.7 Å². The van der Waals surface area contributed by atoms with Crippen molar-refractivity contribution in [3.8, 4) is 0 Å². The molecule has 1 heterocycles. The van der Waals surface area contributed by atoms with E-state index in [1.807, 2.05) is 32.8 Å². The van der Waals surface area contributed by atoms with E-state index < -0.39 is 10.1 Å². The van der Waals surface area contributed by atoms with Gasteiger partial charge in [0.15, 0.2) is 0 Å². The van der Waals surface area contributed by atoms with E-state index in [1.165, 1.54) is 0 Å². The quantitative estimate of drug-likeness (QED) is 0.725. The van der Waals surface area contributed by atoms with E-state index in [4.69, 9.17) is 9.02 Å². The van der Waals surface area contributed by atoms with Crippen molar-refractivity contribution in [3.63, 3.8) is 0 Å². The normalized spacial score (nSPS) is 26.0. The van der Waals surface area contributed by atoms with Crippen LogP contribution in [0.2, 0.25) is 0 Å². The number of hydroxylamine groups is 2. The zero-order valence-electron chi connectivity index (χ0n) is 11.5. The molecule has 5 nitrogen and oxygen atoms in total. The molecule has 1 fully saturated rings. The first-order chi connectivity index (χ1) is 7.48. The van der Waals surface area contributed by atoms with Crippen LogP contribution in [0.25, 0.3) is 0 Å². The summed E-state index contributed by atoms with van der Waals surface area (Å²) in [6.07, 6.45) is 2.05. The van der Waals surface area contributed by atoms with Gasteiger partial charge < -0.3 is 4.84 Å². The van der Waals surface area contributed by atoms with E-state index in [9.17, 15) is 8.42 Å². The van der Waals surface area contributed by atoms with Gasteiger partial charge in [-0.1, -0.05) is 0 Å². The molecular weight excluding hydrogens is 242 g/mol. The van der Waals surface area contributed by atoms with E-state index in [0.717, 1.165) is 6.26 Å². The van der Waals surface area contributed by atoms with Crippen molar-refractivity contribution in [1.29, 1.82) is 0 Å². The minimum absolute atomic E-state index is 0.258. The molecule has 0 aromatic rings. The second-order valence-corrected chi connectivity index (χ2v) is 7.53. The fourth-order valence-corrected chi connectivity index (χ4v) is 3.61. The minimum atomic E-state index is -3.41. The predicted molar refractivity (Wildman–Crippen MR) is 66.0 cm³/mol. The highest BCUT2D eigenvalue weighted by molar-refractivity contribution is 7.86. The van der Waals surface area contributed by atoms with Crippen LogP contribution in [0, 0.1) is 0 Å². The molecule has 0 bridgehead atoms. The lowest BCUT2D eigenvalue weighted by Crippen LogP contribution is -2.61. The van der Waals surface area contributed by atoms with Crippen LogP contribution in [-0.4, -0.2) is 44.0 Å². The lowest BCUT2D eigenvalue weighted by atomic mass is 9.80. The first-order valence-corrected chi connectivity index (χ1v) is 7.52. The molecule has 0 radical (unpaired) electrons. The average Bonchev–Trinajstić information content (AvgIpc) is 1.94. The topological polar surface area (TPSA) is 55.8 Å². The summed E-state index contributed by atoms with van der Waals surface area (Å²) in [5, 5.41) is 1.92. The van der Waals surface area contributed by atoms with Crippen LogP contribution >= 0.6 is 0 Å². The maximum absolute atomic E-state index is 11.2. The highest BCUT2D eigenvalue weighted by Gasteiger charge is 2.47. The molecule has 0 saturated carbocycles. The van der Waals surface area contributed by atoms with Gasteiger partial charge in [0.25, 0.3) is 10.1 Å². The summed E-state index contributed by atoms with van der Waals surface area (Å²) in [4.78, 5) is 5.43. The third kappa shape index (κ3) is 3.64. The summed E-state index contributed by atoms with van der Waals surface area (Å²) in [5.74, 6) is 0. The first kappa shape index (κ1) is 14.9. The highest BCUT2D eigenvalue weighted by atomic mass is 32.2. The Balaban J connectivity index is 2.91. The molecule has 6 heteroatoms. The maximum Gasteiger partial charge on any atom is 0.264 e. The van der Waals surface area contributed by atoms with Gasteiger partial charge in [-0.2, -0.15) is 13.5 Å². The summed E-state index contributed by atoms with van der Waals surface area (Å²) in [6, 6.07) is 0. The molecule has 0 spiro atoms. The molecule has 0 unspecified atom stereocenters. The van der Waals surface area contributed by atoms with Crippen LogP contribution in [0.15, 0.2) is 0 Å². The second-order valence-electron chi connectivity index (χ2n) is 5.93. The molecular formula is C11H23NO4S. The van der Waals surface area contributed by atoms with Gasteiger partial charge in [-0.25, -0.2) is 0 Å². The van der Waals surface area contributed by atoms with Crippen molar-refractivity contribution in [1.82, 2.24) is 5.06 Å². The SMILES string of the molecule is CON1C(C)(C)CC(OS(C)(=O)=O)CC1(C)C. The Kier molecular flexibility index (Phi) is 3.94. The largest absolute Gasteiger partial charge is 0.301 e. The summed E-state index contributed by atoms with van der Waals surface area (Å²) < 4.78 is 27.5. The second kappa shape index (κ2) is 4.50. The number of hydrogen-bond acceptors (Lipinski definition) is 5. The van der Waals surface area contributed by atoms with Gasteiger partial charge in [0, 0.05) is 11.1 Å². The third-order valence-electron chi connectivity index (χ3n) is 3.05. The summed E-state index contributed by atoms with van der Waals surface area (Å²) in [5.41, 5.74) is -0.516. The first-order valence-electron chi connectivity index (χ1n) is 5.71. The standard InChI is InChI=1S/C11H23NO4S/c1-10(2)7-9(16-17(6,13)14)8-11(3,4)12(10)15-5/h9H,7-8H2,1-6H3. The number of rotatable bonds is 3. The monoisotopic (exact) mass is 265 g/mol. The fourth-order valence-electron chi connectivity index (χ4n) is 2.98. The molecule has 0 amide bonds. The summed E-state index contributed by atoms with van der Waals surface area (Å²) in [7, 11) is -1.77. The van der Waals surface area contributed by atoms with Crippen LogP contribution in [0.3, 0.4) is 0 Å². The Labute approximate surface area is 104 Å². The molecule has 1 aliphatic rings.